The third-order valence-electron chi connectivity index (χ3n) is 0.880. The number of amides is 1. The summed E-state index contributed by atoms with van der Waals surface area (Å²) in [6.07, 6.45) is 2.21. The molecule has 0 unspecified atom stereocenters. The van der Waals surface area contributed by atoms with Crippen molar-refractivity contribution >= 4 is 28.6 Å². The smallest absolute Gasteiger partial charge is 0.235 e. The SMILES string of the molecule is CC(=O)N(CS)S(C)(=O)=O.CCC. The molecule has 0 atom stereocenters. The van der Waals surface area contributed by atoms with Crippen molar-refractivity contribution in [2.45, 2.75) is 27.2 Å². The Labute approximate surface area is 85.8 Å². The van der Waals surface area contributed by atoms with Gasteiger partial charge in [-0.2, -0.15) is 12.6 Å². The minimum atomic E-state index is -3.41. The maximum Gasteiger partial charge on any atom is 0.235 e. The van der Waals surface area contributed by atoms with E-state index in [1.807, 2.05) is 0 Å². The fraction of sp³-hybridized carbons (Fsp3) is 0.857. The van der Waals surface area contributed by atoms with Gasteiger partial charge < -0.3 is 0 Å². The molecule has 0 aromatic heterocycles. The van der Waals surface area contributed by atoms with Gasteiger partial charge in [0.05, 0.1) is 12.1 Å². The lowest BCUT2D eigenvalue weighted by atomic mass is 10.6. The molecule has 0 spiro atoms. The second-order valence-electron chi connectivity index (χ2n) is 2.48. The van der Waals surface area contributed by atoms with Crippen LogP contribution < -0.4 is 0 Å². The average molecular weight is 227 g/mol. The van der Waals surface area contributed by atoms with Crippen molar-refractivity contribution in [3.05, 3.63) is 0 Å². The lowest BCUT2D eigenvalue weighted by Crippen LogP contribution is -2.32. The number of rotatable bonds is 2. The molecule has 0 aliphatic rings. The van der Waals surface area contributed by atoms with Crippen molar-refractivity contribution < 1.29 is 13.2 Å². The van der Waals surface area contributed by atoms with Gasteiger partial charge in [0.1, 0.15) is 0 Å². The molecule has 0 N–H and O–H groups in total. The third kappa shape index (κ3) is 8.11. The monoisotopic (exact) mass is 227 g/mol. The first-order valence-electron chi connectivity index (χ1n) is 3.90. The normalized spacial score (nSPS) is 9.92. The van der Waals surface area contributed by atoms with Crippen molar-refractivity contribution in [2.24, 2.45) is 0 Å². The summed E-state index contributed by atoms with van der Waals surface area (Å²) in [5.74, 6) is -0.619. The van der Waals surface area contributed by atoms with Gasteiger partial charge in [-0.05, 0) is 0 Å². The zero-order valence-electron chi connectivity index (χ0n) is 8.44. The molecular formula is C7H17NO3S2. The summed E-state index contributed by atoms with van der Waals surface area (Å²) in [6.45, 7) is 5.43. The van der Waals surface area contributed by atoms with Crippen LogP contribution in [0.4, 0.5) is 0 Å². The molecule has 0 aromatic rings. The largest absolute Gasteiger partial charge is 0.274 e. The van der Waals surface area contributed by atoms with Crippen molar-refractivity contribution in [1.29, 1.82) is 0 Å². The molecule has 0 radical (unpaired) electrons. The molecule has 0 aliphatic heterocycles. The van der Waals surface area contributed by atoms with E-state index in [9.17, 15) is 13.2 Å². The zero-order valence-corrected chi connectivity index (χ0v) is 10.2. The van der Waals surface area contributed by atoms with Crippen LogP contribution in [0.3, 0.4) is 0 Å². The summed E-state index contributed by atoms with van der Waals surface area (Å²) in [6, 6.07) is 0. The molecule has 80 valence electrons. The molecule has 0 saturated carbocycles. The van der Waals surface area contributed by atoms with Crippen LogP contribution in [-0.2, 0) is 14.8 Å². The van der Waals surface area contributed by atoms with Gasteiger partial charge in [0.25, 0.3) is 0 Å². The number of carbonyl (C=O) groups is 1. The first kappa shape index (κ1) is 15.3. The lowest BCUT2D eigenvalue weighted by Gasteiger charge is -2.14. The Hall–Kier alpha value is -0.230. The van der Waals surface area contributed by atoms with Crippen molar-refractivity contribution in [1.82, 2.24) is 4.31 Å². The lowest BCUT2D eigenvalue weighted by molar-refractivity contribution is -0.123. The van der Waals surface area contributed by atoms with E-state index in [0.717, 1.165) is 6.26 Å². The summed E-state index contributed by atoms with van der Waals surface area (Å²) in [4.78, 5) is 10.5. The molecule has 0 rings (SSSR count). The van der Waals surface area contributed by atoms with Gasteiger partial charge in [0.2, 0.25) is 15.9 Å². The Balaban J connectivity index is 0. The molecule has 0 aromatic carbocycles. The van der Waals surface area contributed by atoms with Crippen LogP contribution in [0, 0.1) is 0 Å². The Morgan fingerprint density at radius 3 is 1.69 bits per heavy atom. The molecular weight excluding hydrogens is 210 g/mol. The molecule has 0 heterocycles. The summed E-state index contributed by atoms with van der Waals surface area (Å²) >= 11 is 3.67. The second kappa shape index (κ2) is 7.20. The molecule has 0 bridgehead atoms. The van der Waals surface area contributed by atoms with E-state index in [0.29, 0.717) is 4.31 Å². The molecule has 1 amide bonds. The van der Waals surface area contributed by atoms with E-state index in [4.69, 9.17) is 0 Å². The van der Waals surface area contributed by atoms with Crippen LogP contribution in [-0.4, -0.2) is 30.8 Å². The standard InChI is InChI=1S/C4H9NO3S2.C3H8/c1-4(6)5(3-9)10(2,7)8;1-3-2/h9H,3H2,1-2H3;3H2,1-2H3. The maximum absolute atomic E-state index is 10.7. The molecule has 13 heavy (non-hydrogen) atoms. The number of hydrogen-bond donors (Lipinski definition) is 1. The highest BCUT2D eigenvalue weighted by Gasteiger charge is 2.16. The average Bonchev–Trinajstić information content (AvgIpc) is 1.85. The highest BCUT2D eigenvalue weighted by atomic mass is 32.2. The van der Waals surface area contributed by atoms with Crippen LogP contribution in [0.2, 0.25) is 0 Å². The Bertz CT molecular complexity index is 236. The minimum absolute atomic E-state index is 0.103. The van der Waals surface area contributed by atoms with E-state index >= 15 is 0 Å². The first-order chi connectivity index (χ1) is 5.81. The van der Waals surface area contributed by atoms with Crippen LogP contribution >= 0.6 is 12.6 Å². The number of thiol groups is 1. The Kier molecular flexibility index (Phi) is 8.45. The van der Waals surface area contributed by atoms with Gasteiger partial charge in [0.15, 0.2) is 0 Å². The summed E-state index contributed by atoms with van der Waals surface area (Å²) in [5.41, 5.74) is 0. The van der Waals surface area contributed by atoms with Crippen molar-refractivity contribution in [3.63, 3.8) is 0 Å². The number of sulfonamides is 1. The summed E-state index contributed by atoms with van der Waals surface area (Å²) in [7, 11) is -3.41. The molecule has 6 heteroatoms. The summed E-state index contributed by atoms with van der Waals surface area (Å²) in [5, 5.41) is 0. The first-order valence-corrected chi connectivity index (χ1v) is 6.38. The minimum Gasteiger partial charge on any atom is -0.274 e. The van der Waals surface area contributed by atoms with Gasteiger partial charge in [-0.1, -0.05) is 20.3 Å². The van der Waals surface area contributed by atoms with Crippen LogP contribution in [0.25, 0.3) is 0 Å². The second-order valence-corrected chi connectivity index (χ2v) is 4.67. The molecule has 0 fully saturated rings. The number of hydrogen-bond acceptors (Lipinski definition) is 4. The van der Waals surface area contributed by atoms with Gasteiger partial charge in [-0.3, -0.25) is 4.79 Å². The highest BCUT2D eigenvalue weighted by molar-refractivity contribution is 7.90. The zero-order chi connectivity index (χ0) is 11.1. The van der Waals surface area contributed by atoms with E-state index in [1.54, 1.807) is 0 Å². The Morgan fingerprint density at radius 1 is 1.38 bits per heavy atom. The predicted molar refractivity (Wildman–Crippen MR) is 57.2 cm³/mol. The van der Waals surface area contributed by atoms with Gasteiger partial charge in [-0.15, -0.1) is 0 Å². The topological polar surface area (TPSA) is 54.5 Å². The Morgan fingerprint density at radius 2 is 1.69 bits per heavy atom. The fourth-order valence-electron chi connectivity index (χ4n) is 0.438. The molecule has 4 nitrogen and oxygen atoms in total. The van der Waals surface area contributed by atoms with Crippen LogP contribution in [0.15, 0.2) is 0 Å². The van der Waals surface area contributed by atoms with Crippen molar-refractivity contribution in [3.8, 4) is 0 Å². The van der Waals surface area contributed by atoms with Crippen LogP contribution in [0.1, 0.15) is 27.2 Å². The van der Waals surface area contributed by atoms with E-state index in [-0.39, 0.29) is 5.88 Å². The molecule has 0 saturated heterocycles. The maximum atomic E-state index is 10.7. The van der Waals surface area contributed by atoms with Gasteiger partial charge >= 0.3 is 0 Å². The van der Waals surface area contributed by atoms with E-state index in [2.05, 4.69) is 26.5 Å². The highest BCUT2D eigenvalue weighted by Crippen LogP contribution is 1.98. The van der Waals surface area contributed by atoms with Gasteiger partial charge in [-0.25, -0.2) is 12.7 Å². The fourth-order valence-corrected chi connectivity index (χ4v) is 1.94. The van der Waals surface area contributed by atoms with Gasteiger partial charge in [0, 0.05) is 6.92 Å². The quantitative estimate of drug-likeness (QED) is 0.567. The van der Waals surface area contributed by atoms with Crippen molar-refractivity contribution in [2.75, 3.05) is 12.1 Å². The van der Waals surface area contributed by atoms with Crippen LogP contribution in [0.5, 0.6) is 0 Å². The summed E-state index contributed by atoms with van der Waals surface area (Å²) < 4.78 is 22.0. The van der Waals surface area contributed by atoms with E-state index in [1.165, 1.54) is 13.3 Å². The third-order valence-corrected chi connectivity index (χ3v) is 2.54. The number of carbonyl (C=O) groups excluding carboxylic acids is 1. The number of nitrogens with zero attached hydrogens (tertiary/aromatic N) is 1. The van der Waals surface area contributed by atoms with E-state index < -0.39 is 15.9 Å². The predicted octanol–water partition coefficient (Wildman–Crippen LogP) is 1.10. The molecule has 0 aliphatic carbocycles.